The van der Waals surface area contributed by atoms with Gasteiger partial charge in [0.15, 0.2) is 0 Å². The lowest BCUT2D eigenvalue weighted by molar-refractivity contribution is 0.0257. The molecule has 1 rings (SSSR count). The van der Waals surface area contributed by atoms with Gasteiger partial charge in [0.05, 0.1) is 0 Å². The van der Waals surface area contributed by atoms with Gasteiger partial charge < -0.3 is 15.0 Å². The molecule has 1 heterocycles. The third-order valence-electron chi connectivity index (χ3n) is 2.22. The second-order valence-corrected chi connectivity index (χ2v) is 6.39. The van der Waals surface area contributed by atoms with Crippen LogP contribution in [0.4, 0.5) is 4.79 Å². The number of thioether (sulfide) groups is 1. The van der Waals surface area contributed by atoms with Crippen LogP contribution < -0.4 is 5.32 Å². The van der Waals surface area contributed by atoms with Crippen molar-refractivity contribution in [2.24, 2.45) is 0 Å². The van der Waals surface area contributed by atoms with Crippen LogP contribution >= 0.6 is 11.8 Å². The van der Waals surface area contributed by atoms with Crippen LogP contribution in [-0.2, 0) is 4.74 Å². The molecule has 16 heavy (non-hydrogen) atoms. The van der Waals surface area contributed by atoms with E-state index in [-0.39, 0.29) is 6.09 Å². The Morgan fingerprint density at radius 2 is 2.25 bits per heavy atom. The van der Waals surface area contributed by atoms with E-state index < -0.39 is 5.60 Å². The van der Waals surface area contributed by atoms with Crippen molar-refractivity contribution >= 4 is 17.9 Å². The van der Waals surface area contributed by atoms with Gasteiger partial charge in [0.25, 0.3) is 0 Å². The first-order valence-corrected chi connectivity index (χ1v) is 6.71. The molecule has 1 amide bonds. The van der Waals surface area contributed by atoms with Crippen molar-refractivity contribution in [1.29, 1.82) is 0 Å². The van der Waals surface area contributed by atoms with E-state index in [4.69, 9.17) is 4.74 Å². The largest absolute Gasteiger partial charge is 0.444 e. The third kappa shape index (κ3) is 4.61. The Kier molecular flexibility index (Phi) is 4.92. The average molecular weight is 246 g/mol. The van der Waals surface area contributed by atoms with Crippen LogP contribution in [0.1, 0.15) is 20.8 Å². The van der Waals surface area contributed by atoms with Gasteiger partial charge in [-0.2, -0.15) is 11.8 Å². The maximum atomic E-state index is 11.8. The lowest BCUT2D eigenvalue weighted by Gasteiger charge is -2.33. The van der Waals surface area contributed by atoms with Gasteiger partial charge in [0.2, 0.25) is 0 Å². The van der Waals surface area contributed by atoms with E-state index >= 15 is 0 Å². The second-order valence-electron chi connectivity index (χ2n) is 4.98. The molecule has 5 heteroatoms. The van der Waals surface area contributed by atoms with E-state index in [0.29, 0.717) is 5.25 Å². The fourth-order valence-electron chi connectivity index (χ4n) is 1.56. The molecule has 0 aromatic carbocycles. The number of nitrogens with zero attached hydrogens (tertiary/aromatic N) is 1. The van der Waals surface area contributed by atoms with E-state index in [0.717, 1.165) is 25.4 Å². The average Bonchev–Trinajstić information content (AvgIpc) is 2.16. The van der Waals surface area contributed by atoms with Crippen molar-refractivity contribution in [2.45, 2.75) is 31.6 Å². The summed E-state index contributed by atoms with van der Waals surface area (Å²) >= 11 is 1.91. The summed E-state index contributed by atoms with van der Waals surface area (Å²) in [5, 5.41) is 3.62. The number of amides is 1. The van der Waals surface area contributed by atoms with Crippen LogP contribution in [0.5, 0.6) is 0 Å². The van der Waals surface area contributed by atoms with Gasteiger partial charge in [0, 0.05) is 30.6 Å². The van der Waals surface area contributed by atoms with Crippen LogP contribution in [0.2, 0.25) is 0 Å². The monoisotopic (exact) mass is 246 g/mol. The summed E-state index contributed by atoms with van der Waals surface area (Å²) in [5.41, 5.74) is -0.403. The van der Waals surface area contributed by atoms with Gasteiger partial charge in [-0.25, -0.2) is 4.79 Å². The Morgan fingerprint density at radius 1 is 1.56 bits per heavy atom. The fraction of sp³-hybridized carbons (Fsp3) is 0.909. The van der Waals surface area contributed by atoms with E-state index in [1.807, 2.05) is 44.5 Å². The van der Waals surface area contributed by atoms with Gasteiger partial charge in [0.1, 0.15) is 5.60 Å². The minimum Gasteiger partial charge on any atom is -0.444 e. The molecule has 0 aromatic heterocycles. The first-order chi connectivity index (χ1) is 7.42. The van der Waals surface area contributed by atoms with E-state index in [2.05, 4.69) is 5.32 Å². The number of rotatable bonds is 2. The highest BCUT2D eigenvalue weighted by atomic mass is 32.2. The summed E-state index contributed by atoms with van der Waals surface area (Å²) in [4.78, 5) is 13.6. The van der Waals surface area contributed by atoms with Gasteiger partial charge in [-0.05, 0) is 27.8 Å². The highest BCUT2D eigenvalue weighted by Gasteiger charge is 2.27. The quantitative estimate of drug-likeness (QED) is 0.803. The summed E-state index contributed by atoms with van der Waals surface area (Å²) in [5.74, 6) is 0.992. The van der Waals surface area contributed by atoms with Crippen molar-refractivity contribution in [3.63, 3.8) is 0 Å². The molecule has 1 N–H and O–H groups in total. The molecule has 1 fully saturated rings. The highest BCUT2D eigenvalue weighted by molar-refractivity contribution is 8.00. The first kappa shape index (κ1) is 13.6. The van der Waals surface area contributed by atoms with Crippen molar-refractivity contribution in [3.05, 3.63) is 0 Å². The Labute approximate surface area is 102 Å². The maximum absolute atomic E-state index is 11.8. The minimum absolute atomic E-state index is 0.186. The molecule has 0 saturated carbocycles. The smallest absolute Gasteiger partial charge is 0.410 e. The summed E-state index contributed by atoms with van der Waals surface area (Å²) in [6.45, 7) is 8.20. The van der Waals surface area contributed by atoms with Gasteiger partial charge in [-0.3, -0.25) is 0 Å². The zero-order valence-corrected chi connectivity index (χ0v) is 11.4. The Bertz CT molecular complexity index is 239. The molecule has 4 nitrogen and oxygen atoms in total. The normalized spacial score (nSPS) is 22.0. The first-order valence-electron chi connectivity index (χ1n) is 5.66. The molecule has 1 saturated heterocycles. The molecule has 0 bridgehead atoms. The number of hydrogen-bond donors (Lipinski definition) is 1. The third-order valence-corrected chi connectivity index (χ3v) is 3.43. The van der Waals surface area contributed by atoms with Crippen LogP contribution in [0.3, 0.4) is 0 Å². The van der Waals surface area contributed by atoms with Gasteiger partial charge in [-0.1, -0.05) is 0 Å². The number of carbonyl (C=O) groups excluding carboxylic acids is 1. The van der Waals surface area contributed by atoms with E-state index in [9.17, 15) is 4.79 Å². The van der Waals surface area contributed by atoms with Gasteiger partial charge in [-0.15, -0.1) is 0 Å². The molecule has 0 spiro atoms. The van der Waals surface area contributed by atoms with Crippen molar-refractivity contribution < 1.29 is 9.53 Å². The predicted molar refractivity (Wildman–Crippen MR) is 68.0 cm³/mol. The molecule has 1 aliphatic rings. The minimum atomic E-state index is -0.403. The SMILES string of the molecule is CNCC1CN(C(=O)OC(C)(C)C)CCS1. The summed E-state index contributed by atoms with van der Waals surface area (Å²) in [6, 6.07) is 0. The highest BCUT2D eigenvalue weighted by Crippen LogP contribution is 2.20. The summed E-state index contributed by atoms with van der Waals surface area (Å²) in [7, 11) is 1.94. The number of nitrogens with one attached hydrogen (secondary N) is 1. The lowest BCUT2D eigenvalue weighted by Crippen LogP contribution is -2.46. The summed E-state index contributed by atoms with van der Waals surface area (Å²) in [6.07, 6.45) is -0.186. The Morgan fingerprint density at radius 3 is 2.81 bits per heavy atom. The van der Waals surface area contributed by atoms with Crippen molar-refractivity contribution in [1.82, 2.24) is 10.2 Å². The molecule has 0 radical (unpaired) electrons. The van der Waals surface area contributed by atoms with E-state index in [1.54, 1.807) is 0 Å². The van der Waals surface area contributed by atoms with Gasteiger partial charge >= 0.3 is 6.09 Å². The van der Waals surface area contributed by atoms with Crippen LogP contribution in [0.25, 0.3) is 0 Å². The number of ether oxygens (including phenoxy) is 1. The zero-order chi connectivity index (χ0) is 12.2. The van der Waals surface area contributed by atoms with Crippen molar-refractivity contribution in [3.8, 4) is 0 Å². The van der Waals surface area contributed by atoms with E-state index in [1.165, 1.54) is 0 Å². The Balaban J connectivity index is 2.44. The maximum Gasteiger partial charge on any atom is 0.410 e. The molecule has 0 aliphatic carbocycles. The fourth-order valence-corrected chi connectivity index (χ4v) is 2.79. The zero-order valence-electron chi connectivity index (χ0n) is 10.6. The van der Waals surface area contributed by atoms with Crippen LogP contribution in [-0.4, -0.2) is 54.3 Å². The molecular formula is C11H22N2O2S. The van der Waals surface area contributed by atoms with Crippen LogP contribution in [0.15, 0.2) is 0 Å². The summed E-state index contributed by atoms with van der Waals surface area (Å²) < 4.78 is 5.36. The topological polar surface area (TPSA) is 41.6 Å². The number of carbonyl (C=O) groups is 1. The second kappa shape index (κ2) is 5.77. The molecular weight excluding hydrogens is 224 g/mol. The molecule has 1 aliphatic heterocycles. The number of hydrogen-bond acceptors (Lipinski definition) is 4. The molecule has 0 aromatic rings. The molecule has 94 valence electrons. The molecule has 1 unspecified atom stereocenters. The van der Waals surface area contributed by atoms with Crippen molar-refractivity contribution in [2.75, 3.05) is 32.4 Å². The standard InChI is InChI=1S/C11H22N2O2S/c1-11(2,3)15-10(14)13-5-6-16-9(8-13)7-12-4/h9,12H,5-8H2,1-4H3. The predicted octanol–water partition coefficient (Wildman–Crippen LogP) is 1.56. The lowest BCUT2D eigenvalue weighted by atomic mass is 10.2. The Hall–Kier alpha value is -0.420. The molecule has 1 atom stereocenters. The van der Waals surface area contributed by atoms with Crippen LogP contribution in [0, 0.1) is 0 Å².